The number of hydrogen-bond acceptors (Lipinski definition) is 5. The molecule has 0 aliphatic heterocycles. The third kappa shape index (κ3) is 3.70. The number of hydrogen-bond donors (Lipinski definition) is 2. The Kier molecular flexibility index (Phi) is 4.88. The number of nitrogens with two attached hydrogens (primary N) is 2. The average Bonchev–Trinajstić information content (AvgIpc) is 1.96. The van der Waals surface area contributed by atoms with Crippen molar-refractivity contribution in [1.29, 1.82) is 0 Å². The van der Waals surface area contributed by atoms with E-state index in [-0.39, 0.29) is 30.3 Å². The molecule has 1 atom stereocenters. The molecule has 1 rings (SSSR count). The Morgan fingerprint density at radius 1 is 1.38 bits per heavy atom. The molecule has 0 saturated heterocycles. The molecular weight excluding hydrogens is 187 g/mol. The second-order valence-electron chi connectivity index (χ2n) is 2.08. The van der Waals surface area contributed by atoms with E-state index in [1.165, 1.54) is 12.1 Å². The summed E-state index contributed by atoms with van der Waals surface area (Å²) in [5.74, 6) is 0.0448. The Balaban J connectivity index is 0.00000144. The molecule has 0 bridgehead atoms. The van der Waals surface area contributed by atoms with Gasteiger partial charge in [0.2, 0.25) is 0 Å². The second-order valence-corrected chi connectivity index (χ2v) is 2.66. The van der Waals surface area contributed by atoms with Gasteiger partial charge in [0.1, 0.15) is 11.4 Å². The van der Waals surface area contributed by atoms with E-state index in [2.05, 4.69) is 4.18 Å². The monoisotopic (exact) mass is 194 g/mol. The zero-order valence-corrected chi connectivity index (χ0v) is 7.84. The summed E-state index contributed by atoms with van der Waals surface area (Å²) >= 11 is -2.62. The molecule has 7 heteroatoms. The Morgan fingerprint density at radius 3 is 2.54 bits per heavy atom. The molecule has 0 spiro atoms. The topological polar surface area (TPSA) is 101 Å². The van der Waals surface area contributed by atoms with Gasteiger partial charge in [-0.2, -0.15) is 0 Å². The van der Waals surface area contributed by atoms with Gasteiger partial charge in [-0.05, 0) is 12.1 Å². The second kappa shape index (κ2) is 5.14. The average molecular weight is 194 g/mol. The van der Waals surface area contributed by atoms with Crippen molar-refractivity contribution >= 4 is 22.7 Å². The SMILES string of the molecule is Nc1ccc(N)c(OS(=O)[O-])c1.[Li+]. The molecule has 13 heavy (non-hydrogen) atoms. The number of anilines is 2. The van der Waals surface area contributed by atoms with Crippen LogP contribution in [0.5, 0.6) is 5.75 Å². The smallest absolute Gasteiger partial charge is 0.740 e. The van der Waals surface area contributed by atoms with Crippen LogP contribution in [-0.2, 0) is 11.4 Å². The van der Waals surface area contributed by atoms with Crippen LogP contribution in [0.15, 0.2) is 18.2 Å². The van der Waals surface area contributed by atoms with Crippen molar-refractivity contribution in [3.05, 3.63) is 18.2 Å². The quantitative estimate of drug-likeness (QED) is 0.297. The van der Waals surface area contributed by atoms with E-state index in [0.29, 0.717) is 5.69 Å². The molecule has 0 fully saturated rings. The van der Waals surface area contributed by atoms with Gasteiger partial charge in [-0.1, -0.05) is 0 Å². The van der Waals surface area contributed by atoms with Gasteiger partial charge in [-0.15, -0.1) is 0 Å². The molecule has 0 aliphatic rings. The normalized spacial score (nSPS) is 11.5. The van der Waals surface area contributed by atoms with Crippen molar-refractivity contribution in [3.63, 3.8) is 0 Å². The molecular formula is C6H7LiN2O3S. The maximum Gasteiger partial charge on any atom is 1.00 e. The minimum Gasteiger partial charge on any atom is -0.740 e. The van der Waals surface area contributed by atoms with Crippen molar-refractivity contribution in [2.75, 3.05) is 11.5 Å². The van der Waals surface area contributed by atoms with E-state index in [0.717, 1.165) is 0 Å². The Morgan fingerprint density at radius 2 is 2.00 bits per heavy atom. The van der Waals surface area contributed by atoms with Crippen LogP contribution >= 0.6 is 0 Å². The Hall–Kier alpha value is -0.673. The first-order valence-corrected chi connectivity index (χ1v) is 4.02. The van der Waals surface area contributed by atoms with Gasteiger partial charge in [0.15, 0.2) is 5.75 Å². The Bertz CT molecular complexity index is 321. The van der Waals surface area contributed by atoms with Gasteiger partial charge >= 0.3 is 18.9 Å². The Labute approximate surface area is 90.1 Å². The van der Waals surface area contributed by atoms with E-state index >= 15 is 0 Å². The molecule has 0 amide bonds. The summed E-state index contributed by atoms with van der Waals surface area (Å²) in [4.78, 5) is 0. The summed E-state index contributed by atoms with van der Waals surface area (Å²) in [6, 6.07) is 4.36. The van der Waals surface area contributed by atoms with Gasteiger partial charge in [-0.3, -0.25) is 0 Å². The predicted molar refractivity (Wildman–Crippen MR) is 44.8 cm³/mol. The summed E-state index contributed by atoms with van der Waals surface area (Å²) in [7, 11) is 0. The van der Waals surface area contributed by atoms with Crippen LogP contribution in [0.25, 0.3) is 0 Å². The molecule has 1 aromatic rings. The van der Waals surface area contributed by atoms with Gasteiger partial charge < -0.3 is 20.2 Å². The summed E-state index contributed by atoms with van der Waals surface area (Å²) in [5.41, 5.74) is 11.4. The fourth-order valence-corrected chi connectivity index (χ4v) is 0.987. The van der Waals surface area contributed by atoms with Crippen LogP contribution in [0.1, 0.15) is 0 Å². The number of rotatable bonds is 2. The van der Waals surface area contributed by atoms with E-state index in [4.69, 9.17) is 11.5 Å². The molecule has 0 aromatic heterocycles. The van der Waals surface area contributed by atoms with Gasteiger partial charge in [-0.25, -0.2) is 4.21 Å². The first-order chi connectivity index (χ1) is 5.59. The molecule has 4 N–H and O–H groups in total. The van der Waals surface area contributed by atoms with Gasteiger partial charge in [0.25, 0.3) is 0 Å². The predicted octanol–water partition coefficient (Wildman–Crippen LogP) is -2.97. The van der Waals surface area contributed by atoms with Crippen LogP contribution < -0.4 is 34.5 Å². The number of nitrogen functional groups attached to an aromatic ring is 2. The van der Waals surface area contributed by atoms with Crippen LogP contribution in [-0.4, -0.2) is 8.76 Å². The van der Waals surface area contributed by atoms with E-state index in [9.17, 15) is 8.76 Å². The summed E-state index contributed by atoms with van der Waals surface area (Å²) in [6.45, 7) is 0. The van der Waals surface area contributed by atoms with Gasteiger partial charge in [0.05, 0.1) is 5.69 Å². The van der Waals surface area contributed by atoms with E-state index in [1.54, 1.807) is 6.07 Å². The molecule has 1 aromatic carbocycles. The van der Waals surface area contributed by atoms with E-state index < -0.39 is 11.4 Å². The van der Waals surface area contributed by atoms with Crippen molar-refractivity contribution in [3.8, 4) is 5.75 Å². The first kappa shape index (κ1) is 12.3. The fraction of sp³-hybridized carbons (Fsp3) is 0. The summed E-state index contributed by atoms with van der Waals surface area (Å²) < 4.78 is 24.6. The van der Waals surface area contributed by atoms with Crippen LogP contribution in [0.3, 0.4) is 0 Å². The minimum absolute atomic E-state index is 0. The molecule has 0 aliphatic carbocycles. The van der Waals surface area contributed by atoms with Gasteiger partial charge in [0, 0.05) is 11.8 Å². The summed E-state index contributed by atoms with van der Waals surface area (Å²) in [6.07, 6.45) is 0. The molecule has 0 heterocycles. The van der Waals surface area contributed by atoms with E-state index in [1.807, 2.05) is 0 Å². The maximum atomic E-state index is 10.1. The molecule has 66 valence electrons. The molecule has 0 saturated carbocycles. The molecule has 5 nitrogen and oxygen atoms in total. The third-order valence-electron chi connectivity index (χ3n) is 1.20. The maximum absolute atomic E-state index is 10.1. The van der Waals surface area contributed by atoms with Crippen molar-refractivity contribution in [1.82, 2.24) is 0 Å². The largest absolute Gasteiger partial charge is 1.00 e. The van der Waals surface area contributed by atoms with Crippen molar-refractivity contribution in [2.45, 2.75) is 0 Å². The standard InChI is InChI=1S/C6H8N2O3S.Li/c7-4-1-2-5(8)6(3-4)11-12(9)10;/h1-3H,7-8H2,(H,9,10);/q;+1/p-1. The van der Waals surface area contributed by atoms with Crippen LogP contribution in [0.4, 0.5) is 11.4 Å². The zero-order chi connectivity index (χ0) is 9.14. The molecule has 0 radical (unpaired) electrons. The fourth-order valence-electron chi connectivity index (χ4n) is 0.696. The molecule has 1 unspecified atom stereocenters. The zero-order valence-electron chi connectivity index (χ0n) is 7.02. The minimum atomic E-state index is -2.62. The van der Waals surface area contributed by atoms with Crippen LogP contribution in [0.2, 0.25) is 0 Å². The third-order valence-corrected chi connectivity index (χ3v) is 1.51. The van der Waals surface area contributed by atoms with Crippen molar-refractivity contribution in [2.24, 2.45) is 0 Å². The van der Waals surface area contributed by atoms with Crippen LogP contribution in [0, 0.1) is 0 Å². The number of benzene rings is 1. The summed E-state index contributed by atoms with van der Waals surface area (Å²) in [5, 5.41) is 0. The first-order valence-electron chi connectivity index (χ1n) is 3.02. The van der Waals surface area contributed by atoms with Crippen molar-refractivity contribution < 1.29 is 31.8 Å².